The summed E-state index contributed by atoms with van der Waals surface area (Å²) in [5.41, 5.74) is 7.48. The zero-order chi connectivity index (χ0) is 7.00. The van der Waals surface area contributed by atoms with E-state index in [4.69, 9.17) is 0 Å². The van der Waals surface area contributed by atoms with Crippen molar-refractivity contribution in [1.82, 2.24) is 0 Å². The molecule has 2 fully saturated rings. The number of hydrogen-bond acceptors (Lipinski definition) is 0. The predicted octanol–water partition coefficient (Wildman–Crippen LogP) is 2.82. The number of hydrogen-bond donors (Lipinski definition) is 0. The van der Waals surface area contributed by atoms with Gasteiger partial charge in [0.25, 0.3) is 0 Å². The molecule has 0 radical (unpaired) electrons. The van der Waals surface area contributed by atoms with Crippen molar-refractivity contribution in [1.29, 1.82) is 0 Å². The Hall–Kier alpha value is -0.520. The van der Waals surface area contributed by atoms with Gasteiger partial charge in [-0.1, -0.05) is 22.3 Å². The summed E-state index contributed by atoms with van der Waals surface area (Å²) in [6, 6.07) is 0. The Morgan fingerprint density at radius 3 is 2.55 bits per heavy atom. The Balaban J connectivity index is 1.88. The van der Waals surface area contributed by atoms with Crippen molar-refractivity contribution in [2.75, 3.05) is 0 Å². The minimum Gasteiger partial charge on any atom is -0.0697 e. The zero-order valence-corrected chi connectivity index (χ0v) is 6.69. The molecule has 0 saturated heterocycles. The summed E-state index contributed by atoms with van der Waals surface area (Å²) < 4.78 is 0. The van der Waals surface area contributed by atoms with Crippen LogP contribution in [0.5, 0.6) is 0 Å². The Kier molecular flexibility index (Phi) is 0.636. The van der Waals surface area contributed by atoms with Crippen LogP contribution in [0.3, 0.4) is 0 Å². The Labute approximate surface area is 67.0 Å². The van der Waals surface area contributed by atoms with E-state index in [0.717, 1.165) is 11.8 Å². The van der Waals surface area contributed by atoms with Gasteiger partial charge in [-0.3, -0.25) is 0 Å². The average molecular weight is 144 g/mol. The number of allylic oxidation sites excluding steroid dienone is 4. The topological polar surface area (TPSA) is 0 Å². The van der Waals surface area contributed by atoms with Gasteiger partial charge in [-0.05, 0) is 38.0 Å². The van der Waals surface area contributed by atoms with E-state index in [2.05, 4.69) is 0 Å². The van der Waals surface area contributed by atoms with Gasteiger partial charge in [0, 0.05) is 5.92 Å². The normalized spacial score (nSPS) is 43.6. The summed E-state index contributed by atoms with van der Waals surface area (Å²) in [6.45, 7) is 0. The van der Waals surface area contributed by atoms with Gasteiger partial charge in [-0.15, -0.1) is 0 Å². The molecule has 0 bridgehead atoms. The van der Waals surface area contributed by atoms with Crippen LogP contribution < -0.4 is 0 Å². The van der Waals surface area contributed by atoms with Gasteiger partial charge in [0.2, 0.25) is 0 Å². The summed E-state index contributed by atoms with van der Waals surface area (Å²) in [5.74, 6) is 2.10. The lowest BCUT2D eigenvalue weighted by Crippen LogP contribution is -1.96. The summed E-state index contributed by atoms with van der Waals surface area (Å²) in [5, 5.41) is 0. The molecule has 0 aromatic carbocycles. The van der Waals surface area contributed by atoms with E-state index in [0.29, 0.717) is 0 Å². The summed E-state index contributed by atoms with van der Waals surface area (Å²) in [6.07, 6.45) is 7.25. The highest BCUT2D eigenvalue weighted by Gasteiger charge is 2.57. The second-order valence-electron chi connectivity index (χ2n) is 4.48. The van der Waals surface area contributed by atoms with E-state index in [1.54, 1.807) is 0 Å². The molecule has 0 aromatic heterocycles. The maximum Gasteiger partial charge on any atom is 0.00845 e. The second kappa shape index (κ2) is 1.35. The molecule has 0 heterocycles. The molecular weight excluding hydrogens is 132 g/mol. The van der Waals surface area contributed by atoms with Crippen LogP contribution in [0.15, 0.2) is 22.3 Å². The maximum atomic E-state index is 1.89. The molecule has 0 nitrogen and oxygen atoms in total. The van der Waals surface area contributed by atoms with Crippen LogP contribution in [-0.2, 0) is 0 Å². The van der Waals surface area contributed by atoms with E-state index in [9.17, 15) is 0 Å². The molecule has 2 atom stereocenters. The number of rotatable bonds is 0. The molecule has 4 rings (SSSR count). The van der Waals surface area contributed by atoms with Crippen LogP contribution in [-0.4, -0.2) is 0 Å². The summed E-state index contributed by atoms with van der Waals surface area (Å²) in [4.78, 5) is 0. The van der Waals surface area contributed by atoms with Crippen LogP contribution >= 0.6 is 0 Å². The van der Waals surface area contributed by atoms with Crippen molar-refractivity contribution >= 4 is 0 Å². The highest BCUT2D eigenvalue weighted by Crippen LogP contribution is 2.69. The second-order valence-corrected chi connectivity index (χ2v) is 4.48. The molecule has 11 heavy (non-hydrogen) atoms. The molecule has 4 aliphatic carbocycles. The van der Waals surface area contributed by atoms with E-state index in [-0.39, 0.29) is 0 Å². The molecule has 0 aromatic rings. The van der Waals surface area contributed by atoms with Crippen molar-refractivity contribution in [3.8, 4) is 0 Å². The minimum atomic E-state index is 1.02. The first-order chi connectivity index (χ1) is 5.45. The average Bonchev–Trinajstić information content (AvgIpc) is 2.76. The lowest BCUT2D eigenvalue weighted by Gasteiger charge is -2.14. The quantitative estimate of drug-likeness (QED) is 0.458. The predicted molar refractivity (Wildman–Crippen MR) is 44.1 cm³/mol. The standard InChI is InChI=1S/C11H12/c1-2-6(1)8-4-3-7-5-9-10(7)11(8)9/h9,11H,1-5H2. The monoisotopic (exact) mass is 144 g/mol. The summed E-state index contributed by atoms with van der Waals surface area (Å²) >= 11 is 0. The van der Waals surface area contributed by atoms with Crippen molar-refractivity contribution in [2.45, 2.75) is 32.1 Å². The Morgan fingerprint density at radius 1 is 0.909 bits per heavy atom. The first-order valence-electron chi connectivity index (χ1n) is 4.88. The van der Waals surface area contributed by atoms with Gasteiger partial charge >= 0.3 is 0 Å². The largest absolute Gasteiger partial charge is 0.0697 e. The van der Waals surface area contributed by atoms with Crippen LogP contribution in [0.2, 0.25) is 0 Å². The van der Waals surface area contributed by atoms with Gasteiger partial charge < -0.3 is 0 Å². The molecule has 0 N–H and O–H groups in total. The van der Waals surface area contributed by atoms with E-state index < -0.39 is 0 Å². The molecule has 2 saturated carbocycles. The third kappa shape index (κ3) is 0.473. The van der Waals surface area contributed by atoms with Crippen LogP contribution in [0.1, 0.15) is 32.1 Å². The minimum absolute atomic E-state index is 1.02. The lowest BCUT2D eigenvalue weighted by atomic mass is 9.92. The van der Waals surface area contributed by atoms with Crippen molar-refractivity contribution in [3.05, 3.63) is 22.3 Å². The van der Waals surface area contributed by atoms with Crippen LogP contribution in [0.25, 0.3) is 0 Å². The molecular formula is C11H12. The Morgan fingerprint density at radius 2 is 1.73 bits per heavy atom. The van der Waals surface area contributed by atoms with E-state index in [1.807, 2.05) is 22.3 Å². The van der Waals surface area contributed by atoms with Gasteiger partial charge in [-0.2, -0.15) is 0 Å². The van der Waals surface area contributed by atoms with Crippen LogP contribution in [0, 0.1) is 11.8 Å². The van der Waals surface area contributed by atoms with Gasteiger partial charge in [0.1, 0.15) is 0 Å². The van der Waals surface area contributed by atoms with Crippen molar-refractivity contribution < 1.29 is 0 Å². The fourth-order valence-electron chi connectivity index (χ4n) is 3.18. The third-order valence-corrected chi connectivity index (χ3v) is 3.93. The molecule has 0 amide bonds. The SMILES string of the molecule is C1CC1=C1CCC2=C3C(C2)C13. The highest BCUT2D eigenvalue weighted by molar-refractivity contribution is 5.57. The molecule has 0 heteroatoms. The van der Waals surface area contributed by atoms with Crippen LogP contribution in [0.4, 0.5) is 0 Å². The fourth-order valence-corrected chi connectivity index (χ4v) is 3.18. The molecule has 0 spiro atoms. The molecule has 4 aliphatic rings. The highest BCUT2D eigenvalue weighted by atomic mass is 14.6. The van der Waals surface area contributed by atoms with Gasteiger partial charge in [0.05, 0.1) is 0 Å². The van der Waals surface area contributed by atoms with Gasteiger partial charge in [0.15, 0.2) is 0 Å². The lowest BCUT2D eigenvalue weighted by molar-refractivity contribution is 0.749. The smallest absolute Gasteiger partial charge is 0.00845 e. The fraction of sp³-hybridized carbons (Fsp3) is 0.636. The third-order valence-electron chi connectivity index (χ3n) is 3.93. The zero-order valence-electron chi connectivity index (χ0n) is 6.69. The number of fused-ring (bicyclic) bond motifs is 1. The Bertz CT molecular complexity index is 311. The first-order valence-corrected chi connectivity index (χ1v) is 4.88. The molecule has 56 valence electrons. The summed E-state index contributed by atoms with van der Waals surface area (Å²) in [7, 11) is 0. The molecule has 2 unspecified atom stereocenters. The van der Waals surface area contributed by atoms with Crippen molar-refractivity contribution in [2.24, 2.45) is 11.8 Å². The maximum absolute atomic E-state index is 1.89. The molecule has 0 aliphatic heterocycles. The van der Waals surface area contributed by atoms with Gasteiger partial charge in [-0.25, -0.2) is 0 Å². The van der Waals surface area contributed by atoms with E-state index in [1.165, 1.54) is 32.1 Å². The van der Waals surface area contributed by atoms with Crippen molar-refractivity contribution in [3.63, 3.8) is 0 Å². The first kappa shape index (κ1) is 5.18. The van der Waals surface area contributed by atoms with E-state index >= 15 is 0 Å².